The molecule has 0 radical (unpaired) electrons. The summed E-state index contributed by atoms with van der Waals surface area (Å²) in [5, 5.41) is 12.9. The molecule has 0 spiro atoms. The van der Waals surface area contributed by atoms with Crippen LogP contribution in [-0.2, 0) is 4.79 Å². The van der Waals surface area contributed by atoms with Gasteiger partial charge in [-0.3, -0.25) is 4.79 Å². The molecule has 1 unspecified atom stereocenters. The Hall–Kier alpha value is -1.63. The molecule has 1 atom stereocenters. The van der Waals surface area contributed by atoms with Gasteiger partial charge in [0.1, 0.15) is 5.25 Å². The molecule has 17 heavy (non-hydrogen) atoms. The van der Waals surface area contributed by atoms with Gasteiger partial charge >= 0.3 is 5.97 Å². The first-order valence-corrected chi connectivity index (χ1v) is 5.96. The predicted molar refractivity (Wildman–Crippen MR) is 63.2 cm³/mol. The standard InChI is InChI=1S/C10H12N4O2S/c1-5-4-6(2)14-9(11-5)12-10(13-14)17-7(3)8(15)16/h4,7H,1-3H3,(H,15,16). The summed E-state index contributed by atoms with van der Waals surface area (Å²) in [6.07, 6.45) is 0. The van der Waals surface area contributed by atoms with Crippen molar-refractivity contribution in [3.63, 3.8) is 0 Å². The number of aliphatic carboxylic acids is 1. The first kappa shape index (κ1) is 11.8. The van der Waals surface area contributed by atoms with E-state index in [4.69, 9.17) is 5.11 Å². The smallest absolute Gasteiger partial charge is 0.316 e. The third-order valence-corrected chi connectivity index (χ3v) is 3.17. The van der Waals surface area contributed by atoms with E-state index in [1.807, 2.05) is 19.9 Å². The summed E-state index contributed by atoms with van der Waals surface area (Å²) < 4.78 is 1.61. The van der Waals surface area contributed by atoms with Gasteiger partial charge in [0, 0.05) is 11.4 Å². The van der Waals surface area contributed by atoms with E-state index in [-0.39, 0.29) is 0 Å². The number of fused-ring (bicyclic) bond motifs is 1. The van der Waals surface area contributed by atoms with E-state index in [9.17, 15) is 4.79 Å². The van der Waals surface area contributed by atoms with Gasteiger partial charge in [0.15, 0.2) is 0 Å². The Morgan fingerprint density at radius 2 is 2.18 bits per heavy atom. The average Bonchev–Trinajstić information content (AvgIpc) is 2.60. The molecular formula is C10H12N4O2S. The maximum Gasteiger partial charge on any atom is 0.316 e. The largest absolute Gasteiger partial charge is 0.480 e. The quantitative estimate of drug-likeness (QED) is 0.829. The summed E-state index contributed by atoms with van der Waals surface area (Å²) in [7, 11) is 0. The van der Waals surface area contributed by atoms with Gasteiger partial charge in [-0.25, -0.2) is 9.50 Å². The molecule has 2 rings (SSSR count). The maximum atomic E-state index is 10.7. The molecule has 0 fully saturated rings. The molecule has 0 amide bonds. The number of hydrogen-bond donors (Lipinski definition) is 1. The molecule has 0 aliphatic heterocycles. The lowest BCUT2D eigenvalue weighted by Gasteiger charge is -1.99. The number of carboxylic acids is 1. The van der Waals surface area contributed by atoms with E-state index < -0.39 is 11.2 Å². The molecule has 0 bridgehead atoms. The highest BCUT2D eigenvalue weighted by Gasteiger charge is 2.16. The minimum atomic E-state index is -0.880. The second-order valence-electron chi connectivity index (χ2n) is 3.74. The molecule has 2 aromatic heterocycles. The SMILES string of the molecule is Cc1cc(C)n2nc(SC(C)C(=O)O)nc2n1. The summed E-state index contributed by atoms with van der Waals surface area (Å²) in [6, 6.07) is 1.90. The Balaban J connectivity index is 2.38. The van der Waals surface area contributed by atoms with Crippen LogP contribution >= 0.6 is 11.8 Å². The van der Waals surface area contributed by atoms with Crippen molar-refractivity contribution in [2.45, 2.75) is 31.2 Å². The topological polar surface area (TPSA) is 80.4 Å². The fourth-order valence-corrected chi connectivity index (χ4v) is 2.09. The van der Waals surface area contributed by atoms with Gasteiger partial charge in [0.25, 0.3) is 5.78 Å². The van der Waals surface area contributed by atoms with Crippen LogP contribution in [0, 0.1) is 13.8 Å². The minimum Gasteiger partial charge on any atom is -0.480 e. The van der Waals surface area contributed by atoms with Crippen LogP contribution in [0.4, 0.5) is 0 Å². The van der Waals surface area contributed by atoms with E-state index in [1.165, 1.54) is 0 Å². The molecule has 0 aliphatic carbocycles. The number of carboxylic acid groups (broad SMARTS) is 1. The maximum absolute atomic E-state index is 10.7. The van der Waals surface area contributed by atoms with Crippen molar-refractivity contribution in [3.05, 3.63) is 17.5 Å². The molecule has 7 heteroatoms. The molecular weight excluding hydrogens is 240 g/mol. The minimum absolute atomic E-state index is 0.432. The first-order valence-electron chi connectivity index (χ1n) is 5.08. The molecule has 1 N–H and O–H groups in total. The van der Waals surface area contributed by atoms with Crippen LogP contribution in [0.15, 0.2) is 11.2 Å². The Morgan fingerprint density at radius 1 is 1.47 bits per heavy atom. The molecule has 6 nitrogen and oxygen atoms in total. The molecule has 0 aromatic carbocycles. The number of aromatic nitrogens is 4. The van der Waals surface area contributed by atoms with Gasteiger partial charge in [-0.15, -0.1) is 5.10 Å². The summed E-state index contributed by atoms with van der Waals surface area (Å²) in [4.78, 5) is 19.2. The van der Waals surface area contributed by atoms with E-state index in [1.54, 1.807) is 11.4 Å². The highest BCUT2D eigenvalue weighted by atomic mass is 32.2. The molecule has 2 aromatic rings. The zero-order valence-corrected chi connectivity index (χ0v) is 10.5. The van der Waals surface area contributed by atoms with Crippen LogP contribution in [0.25, 0.3) is 5.78 Å². The zero-order chi connectivity index (χ0) is 12.6. The molecule has 90 valence electrons. The fourth-order valence-electron chi connectivity index (χ4n) is 1.41. The van der Waals surface area contributed by atoms with Crippen LogP contribution in [-0.4, -0.2) is 35.9 Å². The molecule has 0 aliphatic rings. The summed E-state index contributed by atoms with van der Waals surface area (Å²) in [5.74, 6) is -0.377. The van der Waals surface area contributed by atoms with Crippen molar-refractivity contribution < 1.29 is 9.90 Å². The van der Waals surface area contributed by atoms with E-state index >= 15 is 0 Å². The Kier molecular flexibility index (Phi) is 3.01. The monoisotopic (exact) mass is 252 g/mol. The zero-order valence-electron chi connectivity index (χ0n) is 9.71. The predicted octanol–water partition coefficient (Wildman–Crippen LogP) is 1.31. The van der Waals surface area contributed by atoms with Crippen LogP contribution in [0.3, 0.4) is 0 Å². The Labute approximate surface area is 102 Å². The van der Waals surface area contributed by atoms with Crippen molar-refractivity contribution in [1.29, 1.82) is 0 Å². The molecule has 0 saturated heterocycles. The van der Waals surface area contributed by atoms with Crippen molar-refractivity contribution in [2.24, 2.45) is 0 Å². The molecule has 2 heterocycles. The lowest BCUT2D eigenvalue weighted by atomic mass is 10.4. The van der Waals surface area contributed by atoms with Gasteiger partial charge in [0.2, 0.25) is 5.16 Å². The van der Waals surface area contributed by atoms with Crippen molar-refractivity contribution in [3.8, 4) is 0 Å². The van der Waals surface area contributed by atoms with Crippen molar-refractivity contribution in [1.82, 2.24) is 19.6 Å². The number of nitrogens with zero attached hydrogens (tertiary/aromatic N) is 4. The number of rotatable bonds is 3. The third kappa shape index (κ3) is 2.38. The van der Waals surface area contributed by atoms with Gasteiger partial charge in [-0.05, 0) is 26.8 Å². The second kappa shape index (κ2) is 4.33. The van der Waals surface area contributed by atoms with E-state index in [2.05, 4.69) is 15.1 Å². The third-order valence-electron chi connectivity index (χ3n) is 2.23. The van der Waals surface area contributed by atoms with E-state index in [0.717, 1.165) is 23.1 Å². The van der Waals surface area contributed by atoms with Gasteiger partial charge in [-0.2, -0.15) is 4.98 Å². The lowest BCUT2D eigenvalue weighted by Crippen LogP contribution is -2.11. The normalized spacial score (nSPS) is 12.9. The second-order valence-corrected chi connectivity index (χ2v) is 5.05. The Bertz CT molecular complexity index is 581. The number of hydrogen-bond acceptors (Lipinski definition) is 5. The van der Waals surface area contributed by atoms with Crippen molar-refractivity contribution in [2.75, 3.05) is 0 Å². The lowest BCUT2D eigenvalue weighted by molar-refractivity contribution is -0.136. The van der Waals surface area contributed by atoms with Gasteiger partial charge in [0.05, 0.1) is 0 Å². The van der Waals surface area contributed by atoms with Crippen LogP contribution in [0.1, 0.15) is 18.3 Å². The number of carbonyl (C=O) groups is 1. The Morgan fingerprint density at radius 3 is 2.82 bits per heavy atom. The summed E-state index contributed by atoms with van der Waals surface area (Å²) in [6.45, 7) is 5.39. The van der Waals surface area contributed by atoms with Crippen LogP contribution < -0.4 is 0 Å². The van der Waals surface area contributed by atoms with Crippen LogP contribution in [0.2, 0.25) is 0 Å². The van der Waals surface area contributed by atoms with E-state index in [0.29, 0.717) is 10.9 Å². The molecule has 0 saturated carbocycles. The number of thioether (sulfide) groups is 1. The first-order chi connectivity index (χ1) is 7.97. The highest BCUT2D eigenvalue weighted by Crippen LogP contribution is 2.20. The average molecular weight is 252 g/mol. The van der Waals surface area contributed by atoms with Crippen LogP contribution in [0.5, 0.6) is 0 Å². The van der Waals surface area contributed by atoms with Crippen molar-refractivity contribution >= 4 is 23.5 Å². The summed E-state index contributed by atoms with van der Waals surface area (Å²) >= 11 is 1.11. The highest BCUT2D eigenvalue weighted by molar-refractivity contribution is 8.00. The summed E-state index contributed by atoms with van der Waals surface area (Å²) in [5.41, 5.74) is 1.79. The fraction of sp³-hybridized carbons (Fsp3) is 0.400. The number of aryl methyl sites for hydroxylation is 2. The van der Waals surface area contributed by atoms with Gasteiger partial charge in [-0.1, -0.05) is 11.8 Å². The van der Waals surface area contributed by atoms with Gasteiger partial charge < -0.3 is 5.11 Å².